The quantitative estimate of drug-likeness (QED) is 0.775. The number of benzene rings is 1. The molecule has 26 heavy (non-hydrogen) atoms. The number of hydrogen-bond donors (Lipinski definition) is 0. The number of hydrogen-bond acceptors (Lipinski definition) is 3. The largest absolute Gasteiger partial charge is 0.401 e. The molecular weight excluding hydrogens is 330 g/mol. The van der Waals surface area contributed by atoms with E-state index in [9.17, 15) is 9.59 Å². The Morgan fingerprint density at radius 2 is 1.88 bits per heavy atom. The molecule has 3 amide bonds. The van der Waals surface area contributed by atoms with Crippen molar-refractivity contribution in [3.05, 3.63) is 46.8 Å². The van der Waals surface area contributed by atoms with E-state index in [1.54, 1.807) is 7.05 Å². The third-order valence-corrected chi connectivity index (χ3v) is 5.32. The first-order valence-electron chi connectivity index (χ1n) is 8.61. The van der Waals surface area contributed by atoms with Crippen molar-refractivity contribution in [3.8, 4) is 0 Å². The van der Waals surface area contributed by atoms with Crippen molar-refractivity contribution >= 4 is 23.7 Å². The van der Waals surface area contributed by atoms with Crippen LogP contribution in [0.5, 0.6) is 0 Å². The third-order valence-electron chi connectivity index (χ3n) is 5.32. The summed E-state index contributed by atoms with van der Waals surface area (Å²) in [4.78, 5) is 33.4. The van der Waals surface area contributed by atoms with E-state index < -0.39 is 6.04 Å². The van der Waals surface area contributed by atoms with Gasteiger partial charge in [-0.2, -0.15) is 0 Å². The Morgan fingerprint density at radius 1 is 1.15 bits per heavy atom. The van der Waals surface area contributed by atoms with Crippen molar-refractivity contribution in [2.24, 2.45) is 12.0 Å². The zero-order valence-electron chi connectivity index (χ0n) is 15.6. The summed E-state index contributed by atoms with van der Waals surface area (Å²) in [7, 11) is 3.58. The number of aromatic nitrogens is 2. The number of imidazole rings is 1. The zero-order chi connectivity index (χ0) is 18.7. The summed E-state index contributed by atoms with van der Waals surface area (Å²) >= 11 is 0. The summed E-state index contributed by atoms with van der Waals surface area (Å²) in [6.07, 6.45) is 1.91. The maximum absolute atomic E-state index is 13.2. The molecule has 0 N–H and O–H groups in total. The molecule has 2 aliphatic rings. The highest BCUT2D eigenvalue weighted by Gasteiger charge is 2.52. The highest BCUT2D eigenvalue weighted by Crippen LogP contribution is 2.29. The Balaban J connectivity index is 1.75. The summed E-state index contributed by atoms with van der Waals surface area (Å²) in [6.45, 7) is 6.23. The number of likely N-dealkylation sites (N-methyl/N-ethyl adjacent to an activating group) is 1. The molecule has 1 fully saturated rings. The highest BCUT2D eigenvalue weighted by molar-refractivity contribution is 6.19. The van der Waals surface area contributed by atoms with Crippen LogP contribution in [0.15, 0.2) is 29.4 Å². The van der Waals surface area contributed by atoms with E-state index in [-0.39, 0.29) is 18.5 Å². The van der Waals surface area contributed by atoms with E-state index >= 15 is 0 Å². The Kier molecular flexibility index (Phi) is 3.50. The maximum Gasteiger partial charge on any atom is 0.401 e. The van der Waals surface area contributed by atoms with Gasteiger partial charge in [0.15, 0.2) is 0 Å². The molecule has 1 atom stereocenters. The molecule has 1 aromatic carbocycles. The molecule has 0 spiro atoms. The lowest BCUT2D eigenvalue weighted by Gasteiger charge is -2.33. The Labute approximate surface area is 152 Å². The Morgan fingerprint density at radius 3 is 2.62 bits per heavy atom. The lowest BCUT2D eigenvalue weighted by Crippen LogP contribution is -2.62. The lowest BCUT2D eigenvalue weighted by molar-refractivity contribution is -0.677. The van der Waals surface area contributed by atoms with E-state index in [0.29, 0.717) is 11.8 Å². The van der Waals surface area contributed by atoms with Gasteiger partial charge < -0.3 is 0 Å². The molecule has 3 heterocycles. The van der Waals surface area contributed by atoms with Crippen LogP contribution >= 0.6 is 0 Å². The summed E-state index contributed by atoms with van der Waals surface area (Å²) in [6, 6.07) is 5.15. The van der Waals surface area contributed by atoms with Crippen molar-refractivity contribution in [1.82, 2.24) is 14.4 Å². The lowest BCUT2D eigenvalue weighted by atomic mass is 10.0. The topological polar surface area (TPSA) is 61.8 Å². The van der Waals surface area contributed by atoms with Crippen LogP contribution in [0.2, 0.25) is 0 Å². The van der Waals surface area contributed by atoms with Crippen LogP contribution in [-0.4, -0.2) is 39.2 Å². The fraction of sp³-hybridized carbons (Fsp3) is 0.368. The zero-order valence-corrected chi connectivity index (χ0v) is 15.6. The second-order valence-electron chi connectivity index (χ2n) is 7.11. The number of nitrogens with zero attached hydrogens (tertiary/aromatic N) is 5. The van der Waals surface area contributed by atoms with E-state index in [1.165, 1.54) is 9.80 Å². The number of aryl methyl sites for hydroxylation is 3. The van der Waals surface area contributed by atoms with E-state index in [4.69, 9.17) is 0 Å². The predicted molar refractivity (Wildman–Crippen MR) is 96.1 cm³/mol. The molecule has 7 heteroatoms. The minimum atomic E-state index is -0.585. The number of fused-ring (bicyclic) bond motifs is 3. The number of imide groups is 1. The maximum atomic E-state index is 13.2. The number of carbonyl (C=O) groups is 2. The van der Waals surface area contributed by atoms with Crippen LogP contribution in [0.3, 0.4) is 0 Å². The Hall–Kier alpha value is -2.96. The summed E-state index contributed by atoms with van der Waals surface area (Å²) in [5, 5.41) is 0. The van der Waals surface area contributed by atoms with Gasteiger partial charge >= 0.3 is 12.0 Å². The van der Waals surface area contributed by atoms with Crippen molar-refractivity contribution < 1.29 is 14.2 Å². The summed E-state index contributed by atoms with van der Waals surface area (Å²) in [5.74, 6) is 0.939. The number of rotatable bonds is 2. The molecule has 134 valence electrons. The second-order valence-corrected chi connectivity index (χ2v) is 7.11. The molecule has 0 bridgehead atoms. The molecule has 7 nitrogen and oxygen atoms in total. The molecule has 4 rings (SSSR count). The van der Waals surface area contributed by atoms with E-state index in [2.05, 4.69) is 4.99 Å². The first-order chi connectivity index (χ1) is 12.3. The van der Waals surface area contributed by atoms with Crippen LogP contribution in [0.4, 0.5) is 10.7 Å². The smallest absolute Gasteiger partial charge is 0.270 e. The number of amides is 3. The van der Waals surface area contributed by atoms with Gasteiger partial charge in [-0.25, -0.2) is 13.9 Å². The summed E-state index contributed by atoms with van der Waals surface area (Å²) < 4.78 is 3.78. The molecule has 0 aliphatic carbocycles. The molecule has 1 saturated heterocycles. The van der Waals surface area contributed by atoms with Crippen molar-refractivity contribution in [2.75, 3.05) is 7.05 Å². The van der Waals surface area contributed by atoms with Crippen LogP contribution in [-0.2, 0) is 18.4 Å². The number of urea groups is 1. The average Bonchev–Trinajstić information content (AvgIpc) is 3.10. The molecule has 0 saturated carbocycles. The van der Waals surface area contributed by atoms with Crippen LogP contribution in [0.1, 0.15) is 28.4 Å². The van der Waals surface area contributed by atoms with E-state index in [0.717, 1.165) is 22.4 Å². The van der Waals surface area contributed by atoms with Gasteiger partial charge in [0.05, 0.1) is 13.6 Å². The van der Waals surface area contributed by atoms with Gasteiger partial charge in [0.2, 0.25) is 11.9 Å². The van der Waals surface area contributed by atoms with Crippen LogP contribution in [0.25, 0.3) is 0 Å². The highest BCUT2D eigenvalue weighted by atomic mass is 16.2. The molecule has 1 aromatic heterocycles. The predicted octanol–water partition coefficient (Wildman–Crippen LogP) is 1.92. The van der Waals surface area contributed by atoms with Gasteiger partial charge in [0, 0.05) is 7.05 Å². The monoisotopic (exact) mass is 352 g/mol. The fourth-order valence-electron chi connectivity index (χ4n) is 3.58. The molecule has 2 aromatic rings. The van der Waals surface area contributed by atoms with Crippen molar-refractivity contribution in [2.45, 2.75) is 33.4 Å². The average molecular weight is 352 g/mol. The van der Waals surface area contributed by atoms with Crippen LogP contribution < -0.4 is 4.57 Å². The minimum Gasteiger partial charge on any atom is -0.270 e. The minimum absolute atomic E-state index is 0.234. The van der Waals surface area contributed by atoms with Gasteiger partial charge in [0.1, 0.15) is 11.9 Å². The molecule has 1 unspecified atom stereocenters. The van der Waals surface area contributed by atoms with Crippen LogP contribution in [0, 0.1) is 20.8 Å². The second kappa shape index (κ2) is 5.52. The first-order valence-corrected chi connectivity index (χ1v) is 8.61. The van der Waals surface area contributed by atoms with Gasteiger partial charge in [-0.15, -0.1) is 0 Å². The molecule has 0 radical (unpaired) electrons. The molecular formula is C19H22N5O2+. The summed E-state index contributed by atoms with van der Waals surface area (Å²) in [5.41, 5.74) is 4.16. The van der Waals surface area contributed by atoms with Crippen molar-refractivity contribution in [1.29, 1.82) is 0 Å². The normalized spacial score (nSPS) is 19.0. The third kappa shape index (κ3) is 2.20. The van der Waals surface area contributed by atoms with Gasteiger partial charge in [0.25, 0.3) is 5.91 Å². The van der Waals surface area contributed by atoms with Gasteiger partial charge in [-0.3, -0.25) is 14.6 Å². The fourth-order valence-corrected chi connectivity index (χ4v) is 3.58. The van der Waals surface area contributed by atoms with Gasteiger partial charge in [-0.1, -0.05) is 28.8 Å². The molecule has 2 aliphatic heterocycles. The number of carbonyl (C=O) groups excluding carboxylic acids is 2. The van der Waals surface area contributed by atoms with E-state index in [1.807, 2.05) is 61.3 Å². The van der Waals surface area contributed by atoms with Gasteiger partial charge in [-0.05, 0) is 31.9 Å². The van der Waals surface area contributed by atoms with Crippen molar-refractivity contribution in [3.63, 3.8) is 0 Å². The first kappa shape index (κ1) is 16.5. The Bertz CT molecular complexity index is 988. The number of amidine groups is 1. The number of aliphatic imine (C=N–C) groups is 1. The standard InChI is InChI=1S/C19H22N5O2/c1-11-6-7-12(2)14(8-11)10-24-17(25)15-16(22(5)19(24)26)20-18-21(4)13(3)9-23(15)18/h6-9,15H,10H2,1-5H3/q+1. The SMILES string of the molecule is Cc1ccc(C)c(CN2C(=O)C3C(=Nc4n(C)c(C)c[n+]43)N(C)C2=O)c1.